The molecule has 2 N–H and O–H groups in total. The first-order valence-corrected chi connectivity index (χ1v) is 11.6. The highest BCUT2D eigenvalue weighted by Gasteiger charge is 2.24. The molecule has 0 saturated carbocycles. The summed E-state index contributed by atoms with van der Waals surface area (Å²) < 4.78 is 0. The van der Waals surface area contributed by atoms with E-state index in [0.717, 1.165) is 38.5 Å². The predicted molar refractivity (Wildman–Crippen MR) is 127 cm³/mol. The van der Waals surface area contributed by atoms with Gasteiger partial charge in [0.25, 0.3) is 0 Å². The topological polar surface area (TPSA) is 66.4 Å². The van der Waals surface area contributed by atoms with Crippen molar-refractivity contribution in [3.8, 4) is 0 Å². The third kappa shape index (κ3) is 16.8. The molecule has 0 aliphatic heterocycles. The molecule has 0 aromatic rings. The van der Waals surface area contributed by atoms with Crippen LogP contribution in [-0.2, 0) is 9.59 Å². The fourth-order valence-electron chi connectivity index (χ4n) is 2.87. The Labute approximate surface area is 184 Å². The van der Waals surface area contributed by atoms with Gasteiger partial charge in [0.2, 0.25) is 5.91 Å². The second-order valence-electron chi connectivity index (χ2n) is 7.75. The molecule has 0 aliphatic carbocycles. The van der Waals surface area contributed by atoms with Crippen molar-refractivity contribution in [2.24, 2.45) is 5.92 Å². The van der Waals surface area contributed by atoms with Crippen molar-refractivity contribution < 1.29 is 14.7 Å². The number of aliphatic carboxylic acids is 1. The highest BCUT2D eigenvalue weighted by molar-refractivity contribution is 5.83. The molecule has 2 unspecified atom stereocenters. The third-order valence-electron chi connectivity index (χ3n) is 5.03. The maximum atomic E-state index is 11.9. The average Bonchev–Trinajstić information content (AvgIpc) is 2.73. The molecule has 0 aromatic heterocycles. The molecule has 0 radical (unpaired) electrons. The number of carbonyl (C=O) groups excluding carboxylic acids is 1. The summed E-state index contributed by atoms with van der Waals surface area (Å²) in [5.74, 6) is -1.21. The van der Waals surface area contributed by atoms with Crippen molar-refractivity contribution in [3.05, 3.63) is 48.6 Å². The Morgan fingerprint density at radius 3 is 1.77 bits per heavy atom. The minimum Gasteiger partial charge on any atom is -0.480 e. The van der Waals surface area contributed by atoms with Gasteiger partial charge in [0, 0.05) is 6.42 Å². The van der Waals surface area contributed by atoms with Gasteiger partial charge < -0.3 is 10.4 Å². The Bertz CT molecular complexity index is 561. The molecule has 30 heavy (non-hydrogen) atoms. The predicted octanol–water partition coefficient (Wildman–Crippen LogP) is 6.75. The van der Waals surface area contributed by atoms with Gasteiger partial charge in [-0.2, -0.15) is 0 Å². The minimum absolute atomic E-state index is 0.0695. The van der Waals surface area contributed by atoms with Gasteiger partial charge in [0.15, 0.2) is 0 Å². The molecule has 0 saturated heterocycles. The molecule has 2 atom stereocenters. The summed E-state index contributed by atoms with van der Waals surface area (Å²) in [6.07, 6.45) is 28.0. The van der Waals surface area contributed by atoms with Crippen molar-refractivity contribution in [1.82, 2.24) is 5.32 Å². The zero-order valence-electron chi connectivity index (χ0n) is 19.3. The second-order valence-corrected chi connectivity index (χ2v) is 7.75. The van der Waals surface area contributed by atoms with Crippen LogP contribution in [0.15, 0.2) is 48.6 Å². The Kier molecular flexibility index (Phi) is 18.8. The van der Waals surface area contributed by atoms with E-state index in [0.29, 0.717) is 6.42 Å². The molecule has 0 bridgehead atoms. The van der Waals surface area contributed by atoms with Crippen LogP contribution in [0.25, 0.3) is 0 Å². The SMILES string of the molecule is CCCCC/C=C/C/C=C/C/C=C/C/C=C/CCCC(=O)NC(C(=O)O)C(C)CC. The number of amides is 1. The van der Waals surface area contributed by atoms with E-state index in [1.807, 2.05) is 13.8 Å². The first kappa shape index (κ1) is 27.9. The number of carboxylic acid groups (broad SMARTS) is 1. The van der Waals surface area contributed by atoms with Crippen molar-refractivity contribution in [2.45, 2.75) is 97.4 Å². The van der Waals surface area contributed by atoms with Crippen molar-refractivity contribution in [2.75, 3.05) is 0 Å². The zero-order valence-corrected chi connectivity index (χ0v) is 19.3. The van der Waals surface area contributed by atoms with Gasteiger partial charge in [-0.3, -0.25) is 4.79 Å². The Hall–Kier alpha value is -2.10. The summed E-state index contributed by atoms with van der Waals surface area (Å²) in [7, 11) is 0. The first-order chi connectivity index (χ1) is 14.5. The summed E-state index contributed by atoms with van der Waals surface area (Å²) in [4.78, 5) is 23.1. The lowest BCUT2D eigenvalue weighted by Gasteiger charge is -2.19. The highest BCUT2D eigenvalue weighted by Crippen LogP contribution is 2.09. The van der Waals surface area contributed by atoms with Crippen molar-refractivity contribution in [3.63, 3.8) is 0 Å². The number of unbranched alkanes of at least 4 members (excludes halogenated alkanes) is 4. The van der Waals surface area contributed by atoms with Gasteiger partial charge in [-0.1, -0.05) is 88.6 Å². The second kappa shape index (κ2) is 20.2. The summed E-state index contributed by atoms with van der Waals surface area (Å²) in [6, 6.07) is -0.793. The van der Waals surface area contributed by atoms with E-state index in [9.17, 15) is 14.7 Å². The van der Waals surface area contributed by atoms with E-state index < -0.39 is 12.0 Å². The maximum Gasteiger partial charge on any atom is 0.326 e. The third-order valence-corrected chi connectivity index (χ3v) is 5.03. The Morgan fingerprint density at radius 1 is 0.800 bits per heavy atom. The normalized spacial score (nSPS) is 14.2. The maximum absolute atomic E-state index is 11.9. The van der Waals surface area contributed by atoms with Crippen LogP contribution in [0.2, 0.25) is 0 Å². The zero-order chi connectivity index (χ0) is 22.5. The highest BCUT2D eigenvalue weighted by atomic mass is 16.4. The van der Waals surface area contributed by atoms with Gasteiger partial charge in [0.05, 0.1) is 0 Å². The van der Waals surface area contributed by atoms with Gasteiger partial charge in [-0.05, 0) is 50.9 Å². The Balaban J connectivity index is 3.76. The summed E-state index contributed by atoms with van der Waals surface area (Å²) in [6.45, 7) is 6.00. The summed E-state index contributed by atoms with van der Waals surface area (Å²) in [5.41, 5.74) is 0. The van der Waals surface area contributed by atoms with E-state index in [1.54, 1.807) is 0 Å². The van der Waals surface area contributed by atoms with Gasteiger partial charge >= 0.3 is 5.97 Å². The lowest BCUT2D eigenvalue weighted by Crippen LogP contribution is -2.44. The van der Waals surface area contributed by atoms with Crippen LogP contribution in [0.3, 0.4) is 0 Å². The molecule has 170 valence electrons. The molecule has 0 aromatic carbocycles. The van der Waals surface area contributed by atoms with Crippen molar-refractivity contribution in [1.29, 1.82) is 0 Å². The van der Waals surface area contributed by atoms with E-state index in [2.05, 4.69) is 60.8 Å². The van der Waals surface area contributed by atoms with Crippen LogP contribution in [0.4, 0.5) is 0 Å². The number of hydrogen-bond donors (Lipinski definition) is 2. The van der Waals surface area contributed by atoms with E-state index in [4.69, 9.17) is 0 Å². The molecule has 4 heteroatoms. The molecule has 0 aliphatic rings. The molecule has 1 amide bonds. The molecule has 4 nitrogen and oxygen atoms in total. The number of carboxylic acids is 1. The number of rotatable bonds is 18. The molecule has 0 fully saturated rings. The summed E-state index contributed by atoms with van der Waals surface area (Å²) >= 11 is 0. The van der Waals surface area contributed by atoms with E-state index in [-0.39, 0.29) is 11.8 Å². The minimum atomic E-state index is -0.960. The summed E-state index contributed by atoms with van der Waals surface area (Å²) in [5, 5.41) is 11.8. The molecule has 0 rings (SSSR count). The molecule has 0 spiro atoms. The van der Waals surface area contributed by atoms with Gasteiger partial charge in [0.1, 0.15) is 6.04 Å². The smallest absolute Gasteiger partial charge is 0.326 e. The first-order valence-electron chi connectivity index (χ1n) is 11.6. The van der Waals surface area contributed by atoms with Crippen LogP contribution >= 0.6 is 0 Å². The lowest BCUT2D eigenvalue weighted by atomic mass is 9.99. The van der Waals surface area contributed by atoms with Gasteiger partial charge in [-0.25, -0.2) is 4.79 Å². The van der Waals surface area contributed by atoms with Crippen LogP contribution < -0.4 is 5.32 Å². The quantitative estimate of drug-likeness (QED) is 0.191. The van der Waals surface area contributed by atoms with Crippen LogP contribution in [0.5, 0.6) is 0 Å². The average molecular weight is 418 g/mol. The van der Waals surface area contributed by atoms with Crippen LogP contribution in [0, 0.1) is 5.92 Å². The van der Waals surface area contributed by atoms with Gasteiger partial charge in [-0.15, -0.1) is 0 Å². The van der Waals surface area contributed by atoms with E-state index in [1.165, 1.54) is 25.7 Å². The number of nitrogens with one attached hydrogen (secondary N) is 1. The lowest BCUT2D eigenvalue weighted by molar-refractivity contribution is -0.143. The van der Waals surface area contributed by atoms with Crippen LogP contribution in [-0.4, -0.2) is 23.0 Å². The number of carbonyl (C=O) groups is 2. The fraction of sp³-hybridized carbons (Fsp3) is 0.615. The largest absolute Gasteiger partial charge is 0.480 e. The molecular weight excluding hydrogens is 374 g/mol. The number of allylic oxidation sites excluding steroid dienone is 8. The molecule has 0 heterocycles. The molecular formula is C26H43NO3. The number of hydrogen-bond acceptors (Lipinski definition) is 2. The van der Waals surface area contributed by atoms with E-state index >= 15 is 0 Å². The van der Waals surface area contributed by atoms with Crippen molar-refractivity contribution >= 4 is 11.9 Å². The monoisotopic (exact) mass is 417 g/mol. The fourth-order valence-corrected chi connectivity index (χ4v) is 2.87. The standard InChI is InChI=1S/C26H43NO3/c1-4-6-7-8-9-10-11-12-13-14-15-16-17-18-19-20-21-22-24(28)27-25(26(29)30)23(3)5-2/h9-10,12-13,15-16,18-19,23,25H,4-8,11,14,17,20-22H2,1-3H3,(H,27,28)(H,29,30)/b10-9+,13-12+,16-15+,19-18+. The Morgan fingerprint density at radius 2 is 1.30 bits per heavy atom. The van der Waals surface area contributed by atoms with Crippen LogP contribution in [0.1, 0.15) is 91.4 Å².